The highest BCUT2D eigenvalue weighted by atomic mass is 79.9. The molecule has 0 aromatic heterocycles. The van der Waals surface area contributed by atoms with Crippen LogP contribution in [0.15, 0.2) is 53.0 Å². The second kappa shape index (κ2) is 6.33. The third-order valence-electron chi connectivity index (χ3n) is 2.46. The number of benzene rings is 2. The number of carbonyl (C=O) groups is 1. The number of hydrogen-bond donors (Lipinski definition) is 2. The molecule has 0 aliphatic heterocycles. The monoisotopic (exact) mass is 322 g/mol. The van der Waals surface area contributed by atoms with Gasteiger partial charge in [0.2, 0.25) is 5.91 Å². The molecule has 0 aliphatic rings. The van der Waals surface area contributed by atoms with Gasteiger partial charge in [0.1, 0.15) is 5.82 Å². The average molecular weight is 323 g/mol. The molecule has 0 atom stereocenters. The van der Waals surface area contributed by atoms with Crippen LogP contribution in [-0.2, 0) is 4.79 Å². The van der Waals surface area contributed by atoms with Gasteiger partial charge in [0.25, 0.3) is 0 Å². The quantitative estimate of drug-likeness (QED) is 0.902. The summed E-state index contributed by atoms with van der Waals surface area (Å²) in [6.45, 7) is 0.00225. The van der Waals surface area contributed by atoms with Gasteiger partial charge < -0.3 is 10.6 Å². The fourth-order valence-electron chi connectivity index (χ4n) is 1.54. The molecule has 0 heterocycles. The number of anilines is 2. The van der Waals surface area contributed by atoms with Crippen molar-refractivity contribution < 1.29 is 9.18 Å². The third-order valence-corrected chi connectivity index (χ3v) is 3.15. The molecule has 0 unspecified atom stereocenters. The van der Waals surface area contributed by atoms with Crippen LogP contribution >= 0.6 is 15.9 Å². The predicted octanol–water partition coefficient (Wildman–Crippen LogP) is 3.64. The molecule has 1 amide bonds. The molecule has 19 heavy (non-hydrogen) atoms. The van der Waals surface area contributed by atoms with Gasteiger partial charge in [-0.3, -0.25) is 4.79 Å². The molecule has 0 bridgehead atoms. The van der Waals surface area contributed by atoms with E-state index in [4.69, 9.17) is 0 Å². The lowest BCUT2D eigenvalue weighted by atomic mass is 10.3. The molecule has 2 N–H and O–H groups in total. The minimum absolute atomic E-state index is 0.00225. The summed E-state index contributed by atoms with van der Waals surface area (Å²) in [4.78, 5) is 11.7. The second-order valence-electron chi connectivity index (χ2n) is 3.86. The van der Waals surface area contributed by atoms with Crippen molar-refractivity contribution in [3.63, 3.8) is 0 Å². The Morgan fingerprint density at radius 1 is 1.05 bits per heavy atom. The molecule has 0 radical (unpaired) electrons. The normalized spacial score (nSPS) is 10.0. The van der Waals surface area contributed by atoms with E-state index in [0.29, 0.717) is 11.4 Å². The zero-order valence-electron chi connectivity index (χ0n) is 9.99. The van der Waals surface area contributed by atoms with Gasteiger partial charge in [0.05, 0.1) is 17.9 Å². The summed E-state index contributed by atoms with van der Waals surface area (Å²) in [5, 5.41) is 5.48. The fraction of sp³-hybridized carbons (Fsp3) is 0.0714. The van der Waals surface area contributed by atoms with E-state index in [2.05, 4.69) is 26.6 Å². The summed E-state index contributed by atoms with van der Waals surface area (Å²) in [5.74, 6) is -0.619. The van der Waals surface area contributed by atoms with Gasteiger partial charge >= 0.3 is 0 Å². The van der Waals surface area contributed by atoms with E-state index in [1.54, 1.807) is 24.3 Å². The molecule has 0 spiro atoms. The molecule has 2 rings (SSSR count). The van der Waals surface area contributed by atoms with Crippen LogP contribution in [0.25, 0.3) is 0 Å². The number of rotatable bonds is 4. The molecule has 2 aromatic carbocycles. The minimum atomic E-state index is -0.379. The van der Waals surface area contributed by atoms with Gasteiger partial charge in [-0.05, 0) is 40.2 Å². The number of amides is 1. The summed E-state index contributed by atoms with van der Waals surface area (Å²) in [6.07, 6.45) is 0. The van der Waals surface area contributed by atoms with Gasteiger partial charge in [-0.1, -0.05) is 24.3 Å². The zero-order chi connectivity index (χ0) is 13.7. The van der Waals surface area contributed by atoms with Crippen LogP contribution in [0.2, 0.25) is 0 Å². The smallest absolute Gasteiger partial charge is 0.243 e. The first-order valence-corrected chi connectivity index (χ1v) is 6.49. The van der Waals surface area contributed by atoms with E-state index in [-0.39, 0.29) is 18.3 Å². The molecule has 0 fully saturated rings. The lowest BCUT2D eigenvalue weighted by Gasteiger charge is -2.09. The molecule has 2 aromatic rings. The Bertz CT molecular complexity index is 589. The zero-order valence-corrected chi connectivity index (χ0v) is 11.6. The van der Waals surface area contributed by atoms with Crippen molar-refractivity contribution in [3.8, 4) is 0 Å². The van der Waals surface area contributed by atoms with Gasteiger partial charge in [-0.2, -0.15) is 0 Å². The summed E-state index contributed by atoms with van der Waals surface area (Å²) in [7, 11) is 0. The maximum absolute atomic E-state index is 13.3. The lowest BCUT2D eigenvalue weighted by molar-refractivity contribution is -0.114. The first-order chi connectivity index (χ1) is 9.16. The van der Waals surface area contributed by atoms with Crippen molar-refractivity contribution in [3.05, 3.63) is 58.8 Å². The van der Waals surface area contributed by atoms with Crippen LogP contribution in [0.1, 0.15) is 0 Å². The van der Waals surface area contributed by atoms with Crippen molar-refractivity contribution in [1.29, 1.82) is 0 Å². The molecule has 0 saturated carbocycles. The van der Waals surface area contributed by atoms with E-state index in [1.807, 2.05) is 18.2 Å². The minimum Gasteiger partial charge on any atom is -0.374 e. The van der Waals surface area contributed by atoms with E-state index in [9.17, 15) is 9.18 Å². The Balaban J connectivity index is 1.92. The summed E-state index contributed by atoms with van der Waals surface area (Å²) in [6, 6.07) is 13.5. The highest BCUT2D eigenvalue weighted by Crippen LogP contribution is 2.21. The number of hydrogen-bond acceptors (Lipinski definition) is 2. The Morgan fingerprint density at radius 2 is 1.68 bits per heavy atom. The maximum Gasteiger partial charge on any atom is 0.243 e. The number of nitrogens with one attached hydrogen (secondary N) is 2. The Hall–Kier alpha value is -1.88. The van der Waals surface area contributed by atoms with Gasteiger partial charge in [0.15, 0.2) is 0 Å². The van der Waals surface area contributed by atoms with Crippen LogP contribution in [-0.4, -0.2) is 12.5 Å². The lowest BCUT2D eigenvalue weighted by Crippen LogP contribution is -2.22. The number of halogens is 2. The summed E-state index contributed by atoms with van der Waals surface area (Å²) < 4.78 is 14.1. The van der Waals surface area contributed by atoms with Crippen LogP contribution < -0.4 is 10.6 Å². The van der Waals surface area contributed by atoms with E-state index < -0.39 is 0 Å². The van der Waals surface area contributed by atoms with Crippen molar-refractivity contribution in [2.75, 3.05) is 17.2 Å². The van der Waals surface area contributed by atoms with E-state index >= 15 is 0 Å². The Labute approximate surface area is 119 Å². The van der Waals surface area contributed by atoms with Gasteiger partial charge in [-0.25, -0.2) is 4.39 Å². The Morgan fingerprint density at radius 3 is 2.37 bits per heavy atom. The van der Waals surface area contributed by atoms with E-state index in [1.165, 1.54) is 6.07 Å². The largest absolute Gasteiger partial charge is 0.374 e. The van der Waals surface area contributed by atoms with Crippen molar-refractivity contribution in [1.82, 2.24) is 0 Å². The molecule has 3 nitrogen and oxygen atoms in total. The first kappa shape index (κ1) is 13.5. The van der Waals surface area contributed by atoms with Crippen molar-refractivity contribution in [2.45, 2.75) is 0 Å². The molecular formula is C14H12BrFN2O. The Kier molecular flexibility index (Phi) is 4.52. The van der Waals surface area contributed by atoms with Crippen LogP contribution in [0.4, 0.5) is 15.8 Å². The summed E-state index contributed by atoms with van der Waals surface area (Å²) in [5.41, 5.74) is 0.993. The standard InChI is InChI=1S/C14H12BrFN2O/c15-10-5-1-3-7-12(10)18-14(19)9-17-13-8-4-2-6-11(13)16/h1-8,17H,9H2,(H,18,19). The maximum atomic E-state index is 13.3. The summed E-state index contributed by atoms with van der Waals surface area (Å²) >= 11 is 3.34. The van der Waals surface area contributed by atoms with Gasteiger partial charge in [-0.15, -0.1) is 0 Å². The number of carbonyl (C=O) groups excluding carboxylic acids is 1. The predicted molar refractivity (Wildman–Crippen MR) is 77.7 cm³/mol. The second-order valence-corrected chi connectivity index (χ2v) is 4.72. The number of para-hydroxylation sites is 2. The topological polar surface area (TPSA) is 41.1 Å². The van der Waals surface area contributed by atoms with Crippen molar-refractivity contribution in [2.24, 2.45) is 0 Å². The highest BCUT2D eigenvalue weighted by molar-refractivity contribution is 9.10. The van der Waals surface area contributed by atoms with Crippen LogP contribution in [0.3, 0.4) is 0 Å². The van der Waals surface area contributed by atoms with Crippen molar-refractivity contribution >= 4 is 33.2 Å². The molecular weight excluding hydrogens is 311 g/mol. The third kappa shape index (κ3) is 3.79. The molecule has 5 heteroatoms. The highest BCUT2D eigenvalue weighted by Gasteiger charge is 2.06. The molecule has 98 valence electrons. The SMILES string of the molecule is O=C(CNc1ccccc1F)Nc1ccccc1Br. The fourth-order valence-corrected chi connectivity index (χ4v) is 1.92. The molecule has 0 saturated heterocycles. The average Bonchev–Trinajstić information content (AvgIpc) is 2.40. The van der Waals surface area contributed by atoms with Gasteiger partial charge in [0, 0.05) is 4.47 Å². The van der Waals surface area contributed by atoms with E-state index in [0.717, 1.165) is 4.47 Å². The first-order valence-electron chi connectivity index (χ1n) is 5.69. The van der Waals surface area contributed by atoms with Crippen LogP contribution in [0.5, 0.6) is 0 Å². The van der Waals surface area contributed by atoms with Crippen LogP contribution in [0, 0.1) is 5.82 Å². The molecule has 0 aliphatic carbocycles.